The SMILES string of the molecule is CS(=O)(=O)Nc1ccccc1C1=NN(C(=O)c2ccc(F)cc2)[C@H](c2ccco2)C1. The largest absolute Gasteiger partial charge is 0.467 e. The zero-order valence-electron chi connectivity index (χ0n) is 15.9. The number of benzene rings is 2. The Balaban J connectivity index is 1.74. The number of carbonyl (C=O) groups excluding carboxylic acids is 1. The fourth-order valence-corrected chi connectivity index (χ4v) is 3.89. The molecule has 1 N–H and O–H groups in total. The van der Waals surface area contributed by atoms with Crippen molar-refractivity contribution in [3.63, 3.8) is 0 Å². The van der Waals surface area contributed by atoms with E-state index < -0.39 is 27.8 Å². The van der Waals surface area contributed by atoms with Crippen molar-refractivity contribution in [2.24, 2.45) is 5.10 Å². The number of anilines is 1. The van der Waals surface area contributed by atoms with Gasteiger partial charge in [-0.3, -0.25) is 9.52 Å². The van der Waals surface area contributed by atoms with Crippen molar-refractivity contribution in [1.82, 2.24) is 5.01 Å². The maximum atomic E-state index is 13.3. The Bertz CT molecular complexity index is 1210. The molecule has 0 saturated carbocycles. The first-order valence-electron chi connectivity index (χ1n) is 9.09. The van der Waals surface area contributed by atoms with E-state index >= 15 is 0 Å². The maximum absolute atomic E-state index is 13.3. The van der Waals surface area contributed by atoms with Gasteiger partial charge in [0.25, 0.3) is 5.91 Å². The van der Waals surface area contributed by atoms with E-state index in [1.165, 1.54) is 35.5 Å². The van der Waals surface area contributed by atoms with Gasteiger partial charge in [0.1, 0.15) is 17.6 Å². The smallest absolute Gasteiger partial charge is 0.274 e. The van der Waals surface area contributed by atoms with E-state index in [0.717, 1.165) is 6.26 Å². The number of nitrogens with one attached hydrogen (secondary N) is 1. The lowest BCUT2D eigenvalue weighted by molar-refractivity contribution is 0.0693. The zero-order valence-corrected chi connectivity index (χ0v) is 16.8. The Labute approximate surface area is 172 Å². The number of rotatable bonds is 5. The summed E-state index contributed by atoms with van der Waals surface area (Å²) in [6, 6.07) is 15.0. The van der Waals surface area contributed by atoms with Crippen LogP contribution in [0.25, 0.3) is 0 Å². The molecule has 0 spiro atoms. The Hall–Kier alpha value is -3.46. The lowest BCUT2D eigenvalue weighted by atomic mass is 10.0. The molecule has 0 radical (unpaired) electrons. The number of halogens is 1. The molecule has 0 saturated heterocycles. The molecule has 0 aliphatic carbocycles. The maximum Gasteiger partial charge on any atom is 0.274 e. The van der Waals surface area contributed by atoms with Crippen LogP contribution in [0.3, 0.4) is 0 Å². The van der Waals surface area contributed by atoms with Gasteiger partial charge in [0.05, 0.1) is 23.9 Å². The highest BCUT2D eigenvalue weighted by molar-refractivity contribution is 7.92. The predicted molar refractivity (Wildman–Crippen MR) is 110 cm³/mol. The summed E-state index contributed by atoms with van der Waals surface area (Å²) < 4.78 is 44.7. The molecule has 4 rings (SSSR count). The normalized spacial score (nSPS) is 16.4. The van der Waals surface area contributed by atoms with Crippen molar-refractivity contribution in [3.05, 3.63) is 89.6 Å². The highest BCUT2D eigenvalue weighted by atomic mass is 32.2. The van der Waals surface area contributed by atoms with E-state index in [1.807, 2.05) is 0 Å². The molecule has 1 aliphatic heterocycles. The van der Waals surface area contributed by atoms with Gasteiger partial charge < -0.3 is 4.42 Å². The van der Waals surface area contributed by atoms with Gasteiger partial charge in [-0.25, -0.2) is 17.8 Å². The molecule has 30 heavy (non-hydrogen) atoms. The summed E-state index contributed by atoms with van der Waals surface area (Å²) in [6.07, 6.45) is 2.90. The van der Waals surface area contributed by atoms with Crippen molar-refractivity contribution in [1.29, 1.82) is 0 Å². The minimum atomic E-state index is -3.50. The second kappa shape index (κ2) is 7.75. The molecule has 7 nitrogen and oxygen atoms in total. The van der Waals surface area contributed by atoms with Crippen LogP contribution >= 0.6 is 0 Å². The molecule has 1 aromatic heterocycles. The van der Waals surface area contributed by atoms with Gasteiger partial charge in [0.2, 0.25) is 10.0 Å². The van der Waals surface area contributed by atoms with Crippen molar-refractivity contribution < 1.29 is 22.0 Å². The van der Waals surface area contributed by atoms with Crippen molar-refractivity contribution in [2.75, 3.05) is 11.0 Å². The van der Waals surface area contributed by atoms with E-state index in [2.05, 4.69) is 9.82 Å². The quantitative estimate of drug-likeness (QED) is 0.671. The summed E-state index contributed by atoms with van der Waals surface area (Å²) in [4.78, 5) is 13.1. The Morgan fingerprint density at radius 3 is 2.53 bits per heavy atom. The number of sulfonamides is 1. The summed E-state index contributed by atoms with van der Waals surface area (Å²) in [5, 5.41) is 5.79. The highest BCUT2D eigenvalue weighted by Gasteiger charge is 2.36. The van der Waals surface area contributed by atoms with Crippen LogP contribution in [0.5, 0.6) is 0 Å². The number of amides is 1. The third kappa shape index (κ3) is 4.11. The monoisotopic (exact) mass is 427 g/mol. The van der Waals surface area contributed by atoms with Gasteiger partial charge in [0, 0.05) is 17.5 Å². The van der Waals surface area contributed by atoms with Gasteiger partial charge in [0.15, 0.2) is 0 Å². The Morgan fingerprint density at radius 1 is 1.13 bits per heavy atom. The first-order chi connectivity index (χ1) is 14.3. The number of hydrogen-bond donors (Lipinski definition) is 1. The summed E-state index contributed by atoms with van der Waals surface area (Å²) in [5.74, 6) is -0.321. The number of hydrazone groups is 1. The van der Waals surface area contributed by atoms with Crippen molar-refractivity contribution in [3.8, 4) is 0 Å². The first-order valence-corrected chi connectivity index (χ1v) is 11.0. The van der Waals surface area contributed by atoms with Crippen LogP contribution in [0.1, 0.15) is 34.1 Å². The van der Waals surface area contributed by atoms with Gasteiger partial charge in [-0.1, -0.05) is 18.2 Å². The lowest BCUT2D eigenvalue weighted by Gasteiger charge is -2.19. The third-order valence-electron chi connectivity index (χ3n) is 4.61. The summed E-state index contributed by atoms with van der Waals surface area (Å²) in [6.45, 7) is 0. The second-order valence-electron chi connectivity index (χ2n) is 6.86. The molecule has 154 valence electrons. The number of para-hydroxylation sites is 1. The molecule has 0 fully saturated rings. The molecule has 9 heteroatoms. The summed E-state index contributed by atoms with van der Waals surface area (Å²) in [7, 11) is -3.50. The molecule has 1 amide bonds. The van der Waals surface area contributed by atoms with Crippen LogP contribution in [-0.2, 0) is 10.0 Å². The second-order valence-corrected chi connectivity index (χ2v) is 8.61. The van der Waals surface area contributed by atoms with Crippen LogP contribution in [0.15, 0.2) is 76.4 Å². The fourth-order valence-electron chi connectivity index (χ4n) is 3.31. The van der Waals surface area contributed by atoms with Gasteiger partial charge >= 0.3 is 0 Å². The molecule has 0 unspecified atom stereocenters. The van der Waals surface area contributed by atoms with Gasteiger partial charge in [-0.2, -0.15) is 5.10 Å². The molecular weight excluding hydrogens is 409 g/mol. The van der Waals surface area contributed by atoms with Crippen LogP contribution in [-0.4, -0.2) is 31.3 Å². The van der Waals surface area contributed by atoms with Crippen LogP contribution in [0, 0.1) is 5.82 Å². The van der Waals surface area contributed by atoms with Crippen LogP contribution < -0.4 is 4.72 Å². The Morgan fingerprint density at radius 2 is 1.87 bits per heavy atom. The lowest BCUT2D eigenvalue weighted by Crippen LogP contribution is -2.26. The fraction of sp³-hybridized carbons (Fsp3) is 0.143. The first kappa shape index (κ1) is 19.8. The zero-order chi connectivity index (χ0) is 21.3. The average molecular weight is 427 g/mol. The molecule has 2 aromatic carbocycles. The van der Waals surface area contributed by atoms with Crippen LogP contribution in [0.2, 0.25) is 0 Å². The van der Waals surface area contributed by atoms with Gasteiger partial charge in [-0.15, -0.1) is 0 Å². The third-order valence-corrected chi connectivity index (χ3v) is 5.21. The minimum Gasteiger partial charge on any atom is -0.467 e. The summed E-state index contributed by atoms with van der Waals surface area (Å²) >= 11 is 0. The molecular formula is C21H18FN3O4S. The number of hydrogen-bond acceptors (Lipinski definition) is 5. The predicted octanol–water partition coefficient (Wildman–Crippen LogP) is 3.78. The van der Waals surface area contributed by atoms with Crippen molar-refractivity contribution in [2.45, 2.75) is 12.5 Å². The molecule has 1 atom stereocenters. The van der Waals surface area contributed by atoms with E-state index in [4.69, 9.17) is 4.42 Å². The van der Waals surface area contributed by atoms with Gasteiger partial charge in [-0.05, 0) is 42.5 Å². The topological polar surface area (TPSA) is 92.0 Å². The highest BCUT2D eigenvalue weighted by Crippen LogP contribution is 2.35. The number of carbonyl (C=O) groups is 1. The Kier molecular flexibility index (Phi) is 5.13. The minimum absolute atomic E-state index is 0.278. The average Bonchev–Trinajstić information content (AvgIpc) is 3.37. The summed E-state index contributed by atoms with van der Waals surface area (Å²) in [5.41, 5.74) is 1.74. The van der Waals surface area contributed by atoms with E-state index in [0.29, 0.717) is 29.1 Å². The molecule has 1 aliphatic rings. The van der Waals surface area contributed by atoms with Crippen molar-refractivity contribution >= 4 is 27.3 Å². The van der Waals surface area contributed by atoms with E-state index in [1.54, 1.807) is 36.4 Å². The standard InChI is InChI=1S/C21H18FN3O4S/c1-30(27,28)24-17-6-3-2-5-16(17)18-13-19(20-7-4-12-29-20)25(23-18)21(26)14-8-10-15(22)11-9-14/h2-12,19,24H,13H2,1H3/t19-/m0/s1. The molecule has 2 heterocycles. The molecule has 3 aromatic rings. The van der Waals surface area contributed by atoms with E-state index in [9.17, 15) is 17.6 Å². The van der Waals surface area contributed by atoms with Crippen LogP contribution in [0.4, 0.5) is 10.1 Å². The number of nitrogens with zero attached hydrogens (tertiary/aromatic N) is 2. The van der Waals surface area contributed by atoms with E-state index in [-0.39, 0.29) is 5.56 Å². The molecule has 0 bridgehead atoms. The number of furan rings is 1.